The molecule has 1 aromatic rings. The molecule has 0 spiro atoms. The molecule has 5 heteroatoms. The molecule has 1 atom stereocenters. The van der Waals surface area contributed by atoms with E-state index in [1.54, 1.807) is 0 Å². The molecule has 1 saturated heterocycles. The van der Waals surface area contributed by atoms with Crippen LogP contribution in [0.4, 0.5) is 0 Å². The van der Waals surface area contributed by atoms with E-state index < -0.39 is 0 Å². The number of hydrogen-bond acceptors (Lipinski definition) is 4. The maximum Gasteiger partial charge on any atom is 0.263 e. The molecule has 0 radical (unpaired) electrons. The summed E-state index contributed by atoms with van der Waals surface area (Å²) in [7, 11) is 0. The third-order valence-corrected chi connectivity index (χ3v) is 3.52. The van der Waals surface area contributed by atoms with E-state index in [1.807, 2.05) is 36.4 Å². The summed E-state index contributed by atoms with van der Waals surface area (Å²) in [6, 6.07) is 11.8. The molecule has 2 rings (SSSR count). The van der Waals surface area contributed by atoms with E-state index in [2.05, 4.69) is 10.6 Å². The lowest BCUT2D eigenvalue weighted by Crippen LogP contribution is -2.29. The van der Waals surface area contributed by atoms with E-state index in [4.69, 9.17) is 10.00 Å². The van der Waals surface area contributed by atoms with Crippen molar-refractivity contribution in [2.75, 3.05) is 19.7 Å². The Morgan fingerprint density at radius 1 is 1.41 bits per heavy atom. The van der Waals surface area contributed by atoms with Gasteiger partial charge in [-0.15, -0.1) is 0 Å². The highest BCUT2D eigenvalue weighted by Crippen LogP contribution is 2.10. The Morgan fingerprint density at radius 2 is 2.23 bits per heavy atom. The third-order valence-electron chi connectivity index (χ3n) is 3.52. The fraction of sp³-hybridized carbons (Fsp3) is 0.412. The van der Waals surface area contributed by atoms with Crippen molar-refractivity contribution < 1.29 is 9.53 Å². The average molecular weight is 299 g/mol. The van der Waals surface area contributed by atoms with Crippen molar-refractivity contribution in [3.8, 4) is 6.07 Å². The van der Waals surface area contributed by atoms with Crippen molar-refractivity contribution in [3.63, 3.8) is 0 Å². The largest absolute Gasteiger partial charge is 0.387 e. The lowest BCUT2D eigenvalue weighted by Gasteiger charge is -2.09. The first-order chi connectivity index (χ1) is 10.8. The molecule has 1 amide bonds. The molecule has 116 valence electrons. The van der Waals surface area contributed by atoms with Crippen molar-refractivity contribution in [1.29, 1.82) is 5.26 Å². The molecule has 0 aromatic heterocycles. The fourth-order valence-corrected chi connectivity index (χ4v) is 2.31. The van der Waals surface area contributed by atoms with Crippen LogP contribution in [-0.2, 0) is 16.0 Å². The summed E-state index contributed by atoms with van der Waals surface area (Å²) in [6.45, 7) is 1.93. The Morgan fingerprint density at radius 3 is 2.91 bits per heavy atom. The third kappa shape index (κ3) is 5.23. The van der Waals surface area contributed by atoms with Gasteiger partial charge in [0, 0.05) is 25.9 Å². The highest BCUT2D eigenvalue weighted by atomic mass is 16.5. The van der Waals surface area contributed by atoms with Crippen LogP contribution in [-0.4, -0.2) is 31.7 Å². The second kappa shape index (κ2) is 8.85. The van der Waals surface area contributed by atoms with Crippen molar-refractivity contribution in [2.45, 2.75) is 25.4 Å². The number of rotatable bonds is 7. The van der Waals surface area contributed by atoms with Gasteiger partial charge in [-0.05, 0) is 24.8 Å². The molecular formula is C17H21N3O2. The summed E-state index contributed by atoms with van der Waals surface area (Å²) in [5.41, 5.74) is 1.24. The van der Waals surface area contributed by atoms with E-state index >= 15 is 0 Å². The highest BCUT2D eigenvalue weighted by molar-refractivity contribution is 5.97. The van der Waals surface area contributed by atoms with Crippen LogP contribution in [0.1, 0.15) is 18.4 Å². The number of amides is 1. The average Bonchev–Trinajstić information content (AvgIpc) is 3.06. The first kappa shape index (κ1) is 16.1. The predicted molar refractivity (Wildman–Crippen MR) is 83.8 cm³/mol. The van der Waals surface area contributed by atoms with Gasteiger partial charge in [-0.25, -0.2) is 0 Å². The zero-order valence-corrected chi connectivity index (χ0v) is 12.5. The van der Waals surface area contributed by atoms with E-state index in [-0.39, 0.29) is 17.6 Å². The van der Waals surface area contributed by atoms with Gasteiger partial charge in [-0.1, -0.05) is 30.3 Å². The molecule has 2 N–H and O–H groups in total. The van der Waals surface area contributed by atoms with Gasteiger partial charge in [0.25, 0.3) is 5.91 Å². The lowest BCUT2D eigenvalue weighted by atomic mass is 10.1. The number of benzene rings is 1. The maximum absolute atomic E-state index is 11.9. The van der Waals surface area contributed by atoms with Gasteiger partial charge < -0.3 is 15.4 Å². The zero-order valence-electron chi connectivity index (χ0n) is 12.5. The molecule has 1 unspecified atom stereocenters. The minimum atomic E-state index is -0.349. The number of hydrogen-bond donors (Lipinski definition) is 2. The van der Waals surface area contributed by atoms with Crippen molar-refractivity contribution in [1.82, 2.24) is 10.6 Å². The normalized spacial score (nSPS) is 17.8. The molecule has 0 saturated carbocycles. The van der Waals surface area contributed by atoms with Gasteiger partial charge in [-0.3, -0.25) is 4.79 Å². The maximum atomic E-state index is 11.9. The summed E-state index contributed by atoms with van der Waals surface area (Å²) >= 11 is 0. The molecule has 5 nitrogen and oxygen atoms in total. The van der Waals surface area contributed by atoms with Gasteiger partial charge in [0.1, 0.15) is 11.6 Å². The number of nitrogens with one attached hydrogen (secondary N) is 2. The van der Waals surface area contributed by atoms with Gasteiger partial charge in [0.2, 0.25) is 0 Å². The van der Waals surface area contributed by atoms with Crippen LogP contribution in [0.2, 0.25) is 0 Å². The van der Waals surface area contributed by atoms with Gasteiger partial charge in [0.05, 0.1) is 6.10 Å². The first-order valence-electron chi connectivity index (χ1n) is 7.57. The van der Waals surface area contributed by atoms with Crippen molar-refractivity contribution in [3.05, 3.63) is 47.7 Å². The number of nitrogens with zero attached hydrogens (tertiary/aromatic N) is 1. The van der Waals surface area contributed by atoms with Crippen LogP contribution in [0.15, 0.2) is 42.1 Å². The number of nitriles is 1. The lowest BCUT2D eigenvalue weighted by molar-refractivity contribution is -0.117. The standard InChI is InChI=1S/C17H21N3O2/c18-11-15(12-19-13-16-7-4-10-22-16)17(21)20-9-8-14-5-2-1-3-6-14/h1-3,5-6,12,16,19H,4,7-10,13H2,(H,20,21)/b15-12-. The number of carbonyl (C=O) groups is 1. The topological polar surface area (TPSA) is 74.1 Å². The summed E-state index contributed by atoms with van der Waals surface area (Å²) in [5.74, 6) is -0.349. The molecule has 1 heterocycles. The Hall–Kier alpha value is -2.32. The van der Waals surface area contributed by atoms with Crippen LogP contribution >= 0.6 is 0 Å². The molecule has 0 aliphatic carbocycles. The second-order valence-electron chi connectivity index (χ2n) is 5.20. The van der Waals surface area contributed by atoms with E-state index in [1.165, 1.54) is 6.20 Å². The van der Waals surface area contributed by atoms with Crippen LogP contribution in [0.3, 0.4) is 0 Å². The Bertz CT molecular complexity index is 543. The Balaban J connectivity index is 1.72. The summed E-state index contributed by atoms with van der Waals surface area (Å²) in [4.78, 5) is 11.9. The SMILES string of the molecule is N#C/C(=C/NCC1CCCO1)C(=O)NCCc1ccccc1. The molecule has 0 bridgehead atoms. The van der Waals surface area contributed by atoms with Crippen LogP contribution < -0.4 is 10.6 Å². The minimum Gasteiger partial charge on any atom is -0.387 e. The van der Waals surface area contributed by atoms with E-state index in [0.29, 0.717) is 13.1 Å². The molecule has 22 heavy (non-hydrogen) atoms. The first-order valence-corrected chi connectivity index (χ1v) is 7.57. The minimum absolute atomic E-state index is 0.0889. The molecule has 1 aliphatic heterocycles. The van der Waals surface area contributed by atoms with Crippen molar-refractivity contribution in [2.24, 2.45) is 0 Å². The number of ether oxygens (including phenoxy) is 1. The predicted octanol–water partition coefficient (Wildman–Crippen LogP) is 1.52. The summed E-state index contributed by atoms with van der Waals surface area (Å²) in [5, 5.41) is 14.8. The smallest absolute Gasteiger partial charge is 0.263 e. The van der Waals surface area contributed by atoms with Crippen LogP contribution in [0, 0.1) is 11.3 Å². The highest BCUT2D eigenvalue weighted by Gasteiger charge is 2.14. The number of carbonyl (C=O) groups excluding carboxylic acids is 1. The summed E-state index contributed by atoms with van der Waals surface area (Å²) in [6.07, 6.45) is 4.48. The van der Waals surface area contributed by atoms with Crippen molar-refractivity contribution >= 4 is 5.91 Å². The molecule has 1 fully saturated rings. The zero-order chi connectivity index (χ0) is 15.6. The monoisotopic (exact) mass is 299 g/mol. The van der Waals surface area contributed by atoms with Crippen LogP contribution in [0.5, 0.6) is 0 Å². The summed E-state index contributed by atoms with van der Waals surface area (Å²) < 4.78 is 5.47. The second-order valence-corrected chi connectivity index (χ2v) is 5.20. The molecule has 1 aliphatic rings. The van der Waals surface area contributed by atoms with E-state index in [0.717, 1.165) is 31.4 Å². The molecule has 1 aromatic carbocycles. The molecular weight excluding hydrogens is 278 g/mol. The van der Waals surface area contributed by atoms with Crippen LogP contribution in [0.25, 0.3) is 0 Å². The van der Waals surface area contributed by atoms with Gasteiger partial charge in [-0.2, -0.15) is 5.26 Å². The van der Waals surface area contributed by atoms with Gasteiger partial charge >= 0.3 is 0 Å². The quantitative estimate of drug-likeness (QED) is 0.591. The van der Waals surface area contributed by atoms with E-state index in [9.17, 15) is 4.79 Å². The Labute approximate surface area is 131 Å². The Kier molecular flexibility index (Phi) is 6.46. The van der Waals surface area contributed by atoms with Gasteiger partial charge in [0.15, 0.2) is 0 Å². The fourth-order valence-electron chi connectivity index (χ4n) is 2.31.